The van der Waals surface area contributed by atoms with E-state index in [1.54, 1.807) is 32.0 Å². The van der Waals surface area contributed by atoms with Gasteiger partial charge in [-0.15, -0.1) is 0 Å². The molecule has 1 aliphatic carbocycles. The molecule has 0 saturated carbocycles. The van der Waals surface area contributed by atoms with Gasteiger partial charge >= 0.3 is 12.1 Å². The van der Waals surface area contributed by atoms with Gasteiger partial charge in [0.1, 0.15) is 17.8 Å². The third kappa shape index (κ3) is 3.26. The maximum Gasteiger partial charge on any atom is 0.399 e. The summed E-state index contributed by atoms with van der Waals surface area (Å²) in [6, 6.07) is 7.64. The Hall–Kier alpha value is -3.16. The van der Waals surface area contributed by atoms with Crippen LogP contribution in [0.15, 0.2) is 48.8 Å². The van der Waals surface area contributed by atoms with Crippen LogP contribution in [-0.4, -0.2) is 28.5 Å². The van der Waals surface area contributed by atoms with Crippen LogP contribution in [0.1, 0.15) is 36.9 Å². The highest BCUT2D eigenvalue weighted by molar-refractivity contribution is 5.91. The van der Waals surface area contributed by atoms with Crippen molar-refractivity contribution >= 4 is 5.97 Å². The zero-order valence-corrected chi connectivity index (χ0v) is 16.2. The second kappa shape index (κ2) is 7.27. The Labute approximate surface area is 170 Å². The Bertz CT molecular complexity index is 1120. The summed E-state index contributed by atoms with van der Waals surface area (Å²) in [5.41, 5.74) is 1.43. The molecule has 2 aromatic carbocycles. The number of carbonyl (C=O) groups is 1. The van der Waals surface area contributed by atoms with E-state index in [-0.39, 0.29) is 17.7 Å². The van der Waals surface area contributed by atoms with Gasteiger partial charge in [0.2, 0.25) is 0 Å². The monoisotopic (exact) mass is 418 g/mol. The van der Waals surface area contributed by atoms with Crippen LogP contribution in [0.4, 0.5) is 17.6 Å². The number of hydrogen-bond acceptors (Lipinski definition) is 3. The van der Waals surface area contributed by atoms with E-state index >= 15 is 0 Å². The number of fused-ring (bicyclic) bond motifs is 3. The molecule has 0 amide bonds. The first-order valence-corrected chi connectivity index (χ1v) is 9.43. The third-order valence-electron chi connectivity index (χ3n) is 5.25. The van der Waals surface area contributed by atoms with Crippen LogP contribution in [0, 0.1) is 5.82 Å². The van der Waals surface area contributed by atoms with Gasteiger partial charge in [0.15, 0.2) is 0 Å². The molecule has 4 nitrogen and oxygen atoms in total. The highest BCUT2D eigenvalue weighted by Crippen LogP contribution is 2.54. The van der Waals surface area contributed by atoms with Crippen LogP contribution in [0.25, 0.3) is 22.3 Å². The topological polar surface area (TPSA) is 44.1 Å². The van der Waals surface area contributed by atoms with Crippen LogP contribution in [-0.2, 0) is 9.53 Å². The lowest BCUT2D eigenvalue weighted by atomic mass is 9.93. The highest BCUT2D eigenvalue weighted by atomic mass is 19.4. The molecule has 1 unspecified atom stereocenters. The smallest absolute Gasteiger partial charge is 0.399 e. The summed E-state index contributed by atoms with van der Waals surface area (Å²) in [6.07, 6.45) is -1.64. The van der Waals surface area contributed by atoms with Crippen molar-refractivity contribution in [1.29, 1.82) is 0 Å². The minimum absolute atomic E-state index is 0.0964. The summed E-state index contributed by atoms with van der Waals surface area (Å²) >= 11 is 0. The minimum Gasteiger partial charge on any atom is -0.464 e. The lowest BCUT2D eigenvalue weighted by Gasteiger charge is -2.17. The number of ether oxygens (including phenoxy) is 1. The van der Waals surface area contributed by atoms with E-state index in [1.165, 1.54) is 29.2 Å². The van der Waals surface area contributed by atoms with Crippen molar-refractivity contribution < 1.29 is 27.1 Å². The quantitative estimate of drug-likeness (QED) is 0.416. The number of esters is 1. The molecule has 4 rings (SSSR count). The van der Waals surface area contributed by atoms with Gasteiger partial charge in [0, 0.05) is 11.8 Å². The van der Waals surface area contributed by atoms with E-state index in [2.05, 4.69) is 5.10 Å². The van der Waals surface area contributed by atoms with Gasteiger partial charge in [-0.3, -0.25) is 4.68 Å². The molecule has 0 N–H and O–H groups in total. The summed E-state index contributed by atoms with van der Waals surface area (Å²) in [7, 11) is 0. The second-order valence-corrected chi connectivity index (χ2v) is 7.12. The van der Waals surface area contributed by atoms with Gasteiger partial charge in [-0.05, 0) is 53.8 Å². The van der Waals surface area contributed by atoms with Gasteiger partial charge in [-0.1, -0.05) is 24.3 Å². The Morgan fingerprint density at radius 1 is 1.20 bits per heavy atom. The lowest BCUT2D eigenvalue weighted by molar-refractivity contribution is -0.147. The number of alkyl halides is 3. The molecule has 2 atom stereocenters. The molecular formula is C22H18F4N2O2. The van der Waals surface area contributed by atoms with Crippen LogP contribution < -0.4 is 0 Å². The van der Waals surface area contributed by atoms with Gasteiger partial charge < -0.3 is 4.74 Å². The Balaban J connectivity index is 1.87. The molecule has 1 heterocycles. The van der Waals surface area contributed by atoms with Gasteiger partial charge in [0.25, 0.3) is 0 Å². The molecule has 0 bridgehead atoms. The summed E-state index contributed by atoms with van der Waals surface area (Å²) in [5, 5.41) is 4.15. The first-order chi connectivity index (χ1) is 14.2. The van der Waals surface area contributed by atoms with Crippen molar-refractivity contribution in [3.8, 4) is 22.3 Å². The minimum atomic E-state index is -4.56. The van der Waals surface area contributed by atoms with Crippen molar-refractivity contribution in [2.24, 2.45) is 0 Å². The fourth-order valence-corrected chi connectivity index (χ4v) is 3.94. The second-order valence-electron chi connectivity index (χ2n) is 7.12. The van der Waals surface area contributed by atoms with E-state index in [0.29, 0.717) is 22.3 Å². The SMILES string of the molecule is CCOC(=O)C(C)n1cc(-c2cc(F)cc3c2-c2ccccc2[C@@H]3C(F)(F)F)cn1. The number of nitrogens with zero attached hydrogens (tertiary/aromatic N) is 2. The van der Waals surface area contributed by atoms with E-state index < -0.39 is 29.9 Å². The Kier molecular flexibility index (Phi) is 4.88. The number of hydrogen-bond donors (Lipinski definition) is 0. The molecule has 156 valence electrons. The van der Waals surface area contributed by atoms with Crippen LogP contribution >= 0.6 is 0 Å². The summed E-state index contributed by atoms with van der Waals surface area (Å²) in [6.45, 7) is 3.49. The van der Waals surface area contributed by atoms with Crippen molar-refractivity contribution in [1.82, 2.24) is 9.78 Å². The first kappa shape index (κ1) is 20.1. The zero-order chi connectivity index (χ0) is 21.6. The molecule has 0 fully saturated rings. The van der Waals surface area contributed by atoms with E-state index in [9.17, 15) is 22.4 Å². The predicted octanol–water partition coefficient (Wildman–Crippen LogP) is 5.49. The van der Waals surface area contributed by atoms with Crippen LogP contribution in [0.5, 0.6) is 0 Å². The van der Waals surface area contributed by atoms with Crippen molar-refractivity contribution in [2.45, 2.75) is 32.0 Å². The maximum atomic E-state index is 14.4. The van der Waals surface area contributed by atoms with Gasteiger partial charge in [-0.25, -0.2) is 9.18 Å². The fraction of sp³-hybridized carbons (Fsp3) is 0.273. The summed E-state index contributed by atoms with van der Waals surface area (Å²) < 4.78 is 62.3. The first-order valence-electron chi connectivity index (χ1n) is 9.43. The number of benzene rings is 2. The van der Waals surface area contributed by atoms with E-state index in [4.69, 9.17) is 4.74 Å². The molecule has 1 aliphatic rings. The maximum absolute atomic E-state index is 14.4. The van der Waals surface area contributed by atoms with Crippen molar-refractivity contribution in [3.05, 3.63) is 65.7 Å². The molecule has 0 saturated heterocycles. The summed E-state index contributed by atoms with van der Waals surface area (Å²) in [5.74, 6) is -3.15. The lowest BCUT2D eigenvalue weighted by Crippen LogP contribution is -2.20. The normalized spacial score (nSPS) is 16.1. The molecular weight excluding hydrogens is 400 g/mol. The number of halogens is 4. The third-order valence-corrected chi connectivity index (χ3v) is 5.25. The van der Waals surface area contributed by atoms with Crippen molar-refractivity contribution in [2.75, 3.05) is 6.61 Å². The molecule has 0 aliphatic heterocycles. The Morgan fingerprint density at radius 2 is 1.93 bits per heavy atom. The van der Waals surface area contributed by atoms with Gasteiger partial charge in [0.05, 0.1) is 12.8 Å². The molecule has 0 radical (unpaired) electrons. The van der Waals surface area contributed by atoms with Gasteiger partial charge in [-0.2, -0.15) is 18.3 Å². The fourth-order valence-electron chi connectivity index (χ4n) is 3.94. The highest BCUT2D eigenvalue weighted by Gasteiger charge is 2.48. The largest absolute Gasteiger partial charge is 0.464 e. The molecule has 30 heavy (non-hydrogen) atoms. The van der Waals surface area contributed by atoms with Crippen LogP contribution in [0.2, 0.25) is 0 Å². The van der Waals surface area contributed by atoms with Crippen molar-refractivity contribution in [3.63, 3.8) is 0 Å². The number of rotatable bonds is 4. The molecule has 0 spiro atoms. The number of aromatic nitrogens is 2. The predicted molar refractivity (Wildman–Crippen MR) is 102 cm³/mol. The molecule has 1 aromatic heterocycles. The molecule has 8 heteroatoms. The van der Waals surface area contributed by atoms with Crippen LogP contribution in [0.3, 0.4) is 0 Å². The van der Waals surface area contributed by atoms with E-state index in [1.807, 2.05) is 0 Å². The Morgan fingerprint density at radius 3 is 2.63 bits per heavy atom. The zero-order valence-electron chi connectivity index (χ0n) is 16.2. The standard InChI is InChI=1S/C22H18F4N2O2/c1-3-30-21(29)12(2)28-11-13(10-27-28)17-8-14(23)9-18-19(17)15-6-4-5-7-16(15)20(18)22(24,25)26/h4-12,20H,3H2,1-2H3/t12?,20-/m0/s1. The molecule has 3 aromatic rings. The average molecular weight is 418 g/mol. The summed E-state index contributed by atoms with van der Waals surface area (Å²) in [4.78, 5) is 12.0. The number of carbonyl (C=O) groups excluding carboxylic acids is 1. The average Bonchev–Trinajstić information content (AvgIpc) is 3.29. The van der Waals surface area contributed by atoms with E-state index in [0.717, 1.165) is 6.07 Å².